The molecule has 1 heterocycles. The van der Waals surface area contributed by atoms with Gasteiger partial charge in [-0.15, -0.1) is 11.3 Å². The molecule has 0 saturated heterocycles. The summed E-state index contributed by atoms with van der Waals surface area (Å²) >= 11 is 7.47. The van der Waals surface area contributed by atoms with Crippen molar-refractivity contribution in [1.29, 1.82) is 0 Å². The topological polar surface area (TPSA) is 24.9 Å². The van der Waals surface area contributed by atoms with E-state index in [-0.39, 0.29) is 16.9 Å². The number of nitrogens with zero attached hydrogens (tertiary/aromatic N) is 1. The van der Waals surface area contributed by atoms with Crippen molar-refractivity contribution in [2.45, 2.75) is 32.7 Å². The van der Waals surface area contributed by atoms with Gasteiger partial charge in [-0.1, -0.05) is 30.7 Å². The maximum absolute atomic E-state index is 14.0. The van der Waals surface area contributed by atoms with E-state index < -0.39 is 0 Å². The number of halogens is 2. The van der Waals surface area contributed by atoms with Gasteiger partial charge in [0.05, 0.1) is 15.7 Å². The van der Waals surface area contributed by atoms with Crippen LogP contribution in [0.25, 0.3) is 0 Å². The lowest BCUT2D eigenvalue weighted by Gasteiger charge is -2.17. The van der Waals surface area contributed by atoms with Crippen molar-refractivity contribution in [2.24, 2.45) is 0 Å². The van der Waals surface area contributed by atoms with Crippen molar-refractivity contribution >= 4 is 22.9 Å². The van der Waals surface area contributed by atoms with Gasteiger partial charge >= 0.3 is 0 Å². The van der Waals surface area contributed by atoms with E-state index >= 15 is 0 Å². The second-order valence-electron chi connectivity index (χ2n) is 4.73. The lowest BCUT2D eigenvalue weighted by molar-refractivity contribution is 0.502. The molecule has 0 fully saturated rings. The summed E-state index contributed by atoms with van der Waals surface area (Å²) in [7, 11) is 0. The highest BCUT2D eigenvalue weighted by Gasteiger charge is 2.15. The summed E-state index contributed by atoms with van der Waals surface area (Å²) < 4.78 is 14.0. The van der Waals surface area contributed by atoms with Crippen LogP contribution in [-0.2, 0) is 12.8 Å². The third kappa shape index (κ3) is 4.01. The fourth-order valence-corrected chi connectivity index (χ4v) is 3.05. The van der Waals surface area contributed by atoms with Crippen LogP contribution in [0.15, 0.2) is 23.6 Å². The Hall–Kier alpha value is -0.970. The largest absolute Gasteiger partial charge is 0.314 e. The predicted molar refractivity (Wildman–Crippen MR) is 83.1 cm³/mol. The van der Waals surface area contributed by atoms with Crippen LogP contribution in [-0.4, -0.2) is 17.6 Å². The van der Waals surface area contributed by atoms with E-state index in [1.54, 1.807) is 29.5 Å². The lowest BCUT2D eigenvalue weighted by atomic mass is 10.0. The van der Waals surface area contributed by atoms with Crippen molar-refractivity contribution < 1.29 is 4.39 Å². The molecule has 5 heteroatoms. The van der Waals surface area contributed by atoms with Gasteiger partial charge < -0.3 is 5.32 Å². The summed E-state index contributed by atoms with van der Waals surface area (Å²) in [5.74, 6) is -0.313. The first-order chi connectivity index (χ1) is 9.60. The smallest absolute Gasteiger partial charge is 0.145 e. The molecule has 1 aromatic heterocycles. The Morgan fingerprint density at radius 2 is 2.20 bits per heavy atom. The van der Waals surface area contributed by atoms with Gasteiger partial charge in [0, 0.05) is 17.8 Å². The number of aromatic nitrogens is 1. The average Bonchev–Trinajstić information content (AvgIpc) is 2.81. The van der Waals surface area contributed by atoms with Gasteiger partial charge in [-0.2, -0.15) is 0 Å². The van der Waals surface area contributed by atoms with Crippen molar-refractivity contribution in [3.05, 3.63) is 50.7 Å². The molecule has 1 atom stereocenters. The Balaban J connectivity index is 2.10. The Kier molecular flexibility index (Phi) is 5.52. The molecule has 0 aliphatic heterocycles. The van der Waals surface area contributed by atoms with E-state index in [1.807, 2.05) is 13.8 Å². The minimum absolute atomic E-state index is 0.162. The van der Waals surface area contributed by atoms with Crippen LogP contribution >= 0.6 is 22.9 Å². The van der Waals surface area contributed by atoms with Crippen molar-refractivity contribution in [3.63, 3.8) is 0 Å². The number of nitrogens with one attached hydrogen (secondary N) is 1. The Morgan fingerprint density at radius 3 is 2.85 bits per heavy atom. The zero-order valence-corrected chi connectivity index (χ0v) is 13.2. The van der Waals surface area contributed by atoms with Gasteiger partial charge in [0.15, 0.2) is 0 Å². The van der Waals surface area contributed by atoms with Crippen LogP contribution in [0.1, 0.15) is 23.2 Å². The van der Waals surface area contributed by atoms with Crippen LogP contribution < -0.4 is 5.32 Å². The summed E-state index contributed by atoms with van der Waals surface area (Å²) in [6.07, 6.45) is 1.40. The Bertz CT molecular complexity index is 571. The van der Waals surface area contributed by atoms with Crippen LogP contribution in [0.3, 0.4) is 0 Å². The second-order valence-corrected chi connectivity index (χ2v) is 6.20. The monoisotopic (exact) mass is 312 g/mol. The molecule has 0 bridgehead atoms. The summed E-state index contributed by atoms with van der Waals surface area (Å²) in [6, 6.07) is 5.32. The number of benzene rings is 1. The van der Waals surface area contributed by atoms with Crippen molar-refractivity contribution in [1.82, 2.24) is 10.3 Å². The first-order valence-corrected chi connectivity index (χ1v) is 7.93. The van der Waals surface area contributed by atoms with Crippen LogP contribution in [0, 0.1) is 12.7 Å². The zero-order chi connectivity index (χ0) is 14.5. The number of hydrogen-bond donors (Lipinski definition) is 1. The standard InChI is InChI=1S/C15H18ClFN2S/c1-3-18-12(8-13-9-20-10(2)19-13)7-11-5-4-6-14(16)15(11)17/h4-6,9,12,18H,3,7-8H2,1-2H3. The number of likely N-dealkylation sites (N-methyl/N-ethyl adjacent to an activating group) is 1. The molecule has 0 amide bonds. The summed E-state index contributed by atoms with van der Waals surface area (Å²) in [6.45, 7) is 4.89. The quantitative estimate of drug-likeness (QED) is 0.872. The minimum atomic E-state index is -0.313. The van der Waals surface area contributed by atoms with Gasteiger partial charge in [-0.05, 0) is 31.5 Å². The third-order valence-electron chi connectivity index (χ3n) is 3.11. The Labute approximate surface area is 128 Å². The molecule has 0 spiro atoms. The maximum Gasteiger partial charge on any atom is 0.145 e. The molecule has 1 unspecified atom stereocenters. The molecule has 20 heavy (non-hydrogen) atoms. The molecule has 0 aliphatic carbocycles. The van der Waals surface area contributed by atoms with E-state index in [4.69, 9.17) is 11.6 Å². The van der Waals surface area contributed by atoms with Gasteiger partial charge in [-0.25, -0.2) is 9.37 Å². The fourth-order valence-electron chi connectivity index (χ4n) is 2.23. The maximum atomic E-state index is 14.0. The van der Waals surface area contributed by atoms with Gasteiger partial charge in [-0.3, -0.25) is 0 Å². The van der Waals surface area contributed by atoms with E-state index in [9.17, 15) is 4.39 Å². The van der Waals surface area contributed by atoms with Crippen molar-refractivity contribution in [3.8, 4) is 0 Å². The molecule has 0 aliphatic rings. The number of hydrogen-bond acceptors (Lipinski definition) is 3. The summed E-state index contributed by atoms with van der Waals surface area (Å²) in [4.78, 5) is 4.47. The molecule has 108 valence electrons. The molecule has 0 saturated carbocycles. The number of rotatable bonds is 6. The van der Waals surface area contributed by atoms with Gasteiger partial charge in [0.2, 0.25) is 0 Å². The minimum Gasteiger partial charge on any atom is -0.314 e. The highest BCUT2D eigenvalue weighted by molar-refractivity contribution is 7.09. The highest BCUT2D eigenvalue weighted by Crippen LogP contribution is 2.20. The van der Waals surface area contributed by atoms with E-state index in [0.29, 0.717) is 12.0 Å². The van der Waals surface area contributed by atoms with E-state index in [2.05, 4.69) is 15.7 Å². The molecule has 2 rings (SSSR count). The SMILES string of the molecule is CCNC(Cc1csc(C)n1)Cc1cccc(Cl)c1F. The van der Waals surface area contributed by atoms with Crippen molar-refractivity contribution in [2.75, 3.05) is 6.54 Å². The normalized spacial score (nSPS) is 12.6. The zero-order valence-electron chi connectivity index (χ0n) is 11.6. The van der Waals surface area contributed by atoms with E-state index in [1.165, 1.54) is 0 Å². The number of aryl methyl sites for hydroxylation is 1. The first-order valence-electron chi connectivity index (χ1n) is 6.67. The van der Waals surface area contributed by atoms with Gasteiger partial charge in [0.25, 0.3) is 0 Å². The molecule has 1 N–H and O–H groups in total. The van der Waals surface area contributed by atoms with Crippen LogP contribution in [0.2, 0.25) is 5.02 Å². The molecule has 2 aromatic rings. The highest BCUT2D eigenvalue weighted by atomic mass is 35.5. The molecule has 2 nitrogen and oxygen atoms in total. The predicted octanol–water partition coefficient (Wildman–Crippen LogP) is 4.01. The molecular weight excluding hydrogens is 295 g/mol. The van der Waals surface area contributed by atoms with E-state index in [0.717, 1.165) is 23.7 Å². The molecular formula is C15H18ClFN2S. The number of thiazole rings is 1. The first kappa shape index (κ1) is 15.4. The molecule has 0 radical (unpaired) electrons. The fraction of sp³-hybridized carbons (Fsp3) is 0.400. The summed E-state index contributed by atoms with van der Waals surface area (Å²) in [5.41, 5.74) is 1.70. The van der Waals surface area contributed by atoms with Crippen LogP contribution in [0.4, 0.5) is 4.39 Å². The van der Waals surface area contributed by atoms with Gasteiger partial charge in [0.1, 0.15) is 5.82 Å². The lowest BCUT2D eigenvalue weighted by Crippen LogP contribution is -2.33. The Morgan fingerprint density at radius 1 is 1.40 bits per heavy atom. The van der Waals surface area contributed by atoms with Crippen LogP contribution in [0.5, 0.6) is 0 Å². The second kappa shape index (κ2) is 7.16. The summed E-state index contributed by atoms with van der Waals surface area (Å²) in [5, 5.41) is 6.70. The third-order valence-corrected chi connectivity index (χ3v) is 4.23. The average molecular weight is 313 g/mol. The molecule has 1 aromatic carbocycles.